The van der Waals surface area contributed by atoms with E-state index >= 15 is 0 Å². The largest absolute Gasteiger partial charge is 0.332 e. The normalized spacial score (nSPS) is 10.4. The van der Waals surface area contributed by atoms with Gasteiger partial charge in [0, 0.05) is 20.6 Å². The van der Waals surface area contributed by atoms with Crippen LogP contribution in [0.15, 0.2) is 9.59 Å². The highest BCUT2D eigenvalue weighted by molar-refractivity contribution is 5.70. The molecule has 0 unspecified atom stereocenters. The SMILES string of the molecule is CCn1c(C)nc2c1c(=O)n(C)c(=O)n2C.CNC. The van der Waals surface area contributed by atoms with E-state index in [1.165, 1.54) is 11.6 Å². The van der Waals surface area contributed by atoms with Crippen molar-refractivity contribution in [2.24, 2.45) is 14.1 Å². The number of aromatic nitrogens is 4. The van der Waals surface area contributed by atoms with Gasteiger partial charge in [0.15, 0.2) is 11.2 Å². The Balaban J connectivity index is 0.000000550. The molecule has 1 N–H and O–H groups in total. The lowest BCUT2D eigenvalue weighted by Gasteiger charge is -2.04. The van der Waals surface area contributed by atoms with Crippen LogP contribution in [0.2, 0.25) is 0 Å². The molecule has 106 valence electrons. The van der Waals surface area contributed by atoms with Crippen LogP contribution < -0.4 is 16.6 Å². The van der Waals surface area contributed by atoms with E-state index in [1.807, 2.05) is 32.5 Å². The van der Waals surface area contributed by atoms with E-state index in [4.69, 9.17) is 0 Å². The van der Waals surface area contributed by atoms with Gasteiger partial charge in [0.05, 0.1) is 0 Å². The van der Waals surface area contributed by atoms with Crippen molar-refractivity contribution in [3.8, 4) is 0 Å². The Labute approximate surface area is 111 Å². The van der Waals surface area contributed by atoms with E-state index < -0.39 is 0 Å². The molecule has 7 nitrogen and oxygen atoms in total. The zero-order valence-corrected chi connectivity index (χ0v) is 12.3. The second kappa shape index (κ2) is 5.83. The van der Waals surface area contributed by atoms with Gasteiger partial charge in [0.1, 0.15) is 5.82 Å². The van der Waals surface area contributed by atoms with E-state index in [1.54, 1.807) is 7.05 Å². The van der Waals surface area contributed by atoms with Crippen molar-refractivity contribution in [2.75, 3.05) is 14.1 Å². The molecule has 19 heavy (non-hydrogen) atoms. The lowest BCUT2D eigenvalue weighted by molar-refractivity contribution is 0.697. The predicted octanol–water partition coefficient (Wildman–Crippen LogP) is -0.402. The number of rotatable bonds is 1. The highest BCUT2D eigenvalue weighted by Crippen LogP contribution is 2.09. The molecule has 2 aromatic heterocycles. The average Bonchev–Trinajstić information content (AvgIpc) is 2.71. The summed E-state index contributed by atoms with van der Waals surface area (Å²) in [7, 11) is 6.85. The molecule has 2 heterocycles. The third-order valence-corrected chi connectivity index (χ3v) is 2.86. The Morgan fingerprint density at radius 1 is 1.16 bits per heavy atom. The van der Waals surface area contributed by atoms with Crippen LogP contribution in [0.3, 0.4) is 0 Å². The second-order valence-corrected chi connectivity index (χ2v) is 4.28. The van der Waals surface area contributed by atoms with Gasteiger partial charge in [-0.25, -0.2) is 9.78 Å². The van der Waals surface area contributed by atoms with Crippen LogP contribution in [0.25, 0.3) is 11.2 Å². The Morgan fingerprint density at radius 3 is 2.16 bits per heavy atom. The Hall–Kier alpha value is -1.89. The van der Waals surface area contributed by atoms with E-state index in [0.29, 0.717) is 17.7 Å². The average molecular weight is 267 g/mol. The molecule has 0 radical (unpaired) electrons. The molecule has 0 saturated carbocycles. The fourth-order valence-corrected chi connectivity index (χ4v) is 1.94. The minimum atomic E-state index is -0.349. The molecule has 0 bridgehead atoms. The van der Waals surface area contributed by atoms with Gasteiger partial charge in [-0.15, -0.1) is 0 Å². The molecule has 0 aliphatic carbocycles. The lowest BCUT2D eigenvalue weighted by Crippen LogP contribution is -2.37. The summed E-state index contributed by atoms with van der Waals surface area (Å²) in [6.45, 7) is 4.43. The fraction of sp³-hybridized carbons (Fsp3) is 0.583. The first-order chi connectivity index (χ1) is 8.90. The molecular formula is C12H21N5O2. The summed E-state index contributed by atoms with van der Waals surface area (Å²) in [5.41, 5.74) is 0.302. The van der Waals surface area contributed by atoms with Crippen molar-refractivity contribution in [3.63, 3.8) is 0 Å². The Morgan fingerprint density at radius 2 is 1.68 bits per heavy atom. The zero-order valence-electron chi connectivity index (χ0n) is 12.3. The number of aryl methyl sites for hydroxylation is 3. The van der Waals surface area contributed by atoms with Crippen molar-refractivity contribution in [1.29, 1.82) is 0 Å². The molecule has 0 fully saturated rings. The van der Waals surface area contributed by atoms with Crippen LogP contribution in [0.4, 0.5) is 0 Å². The van der Waals surface area contributed by atoms with Gasteiger partial charge >= 0.3 is 5.69 Å². The molecule has 0 aliphatic heterocycles. The van der Waals surface area contributed by atoms with Crippen molar-refractivity contribution < 1.29 is 0 Å². The smallest absolute Gasteiger partial charge is 0.323 e. The number of nitrogens with zero attached hydrogens (tertiary/aromatic N) is 4. The van der Waals surface area contributed by atoms with Crippen molar-refractivity contribution in [1.82, 2.24) is 24.0 Å². The van der Waals surface area contributed by atoms with Crippen molar-refractivity contribution >= 4 is 11.2 Å². The van der Waals surface area contributed by atoms with E-state index in [2.05, 4.69) is 10.3 Å². The zero-order chi connectivity index (χ0) is 14.7. The molecule has 0 aliphatic rings. The van der Waals surface area contributed by atoms with Crippen LogP contribution in [-0.2, 0) is 20.6 Å². The third kappa shape index (κ3) is 2.46. The number of hydrogen-bond acceptors (Lipinski definition) is 4. The summed E-state index contributed by atoms with van der Waals surface area (Å²) in [5.74, 6) is 0.746. The third-order valence-electron chi connectivity index (χ3n) is 2.86. The molecule has 0 spiro atoms. The van der Waals surface area contributed by atoms with Crippen molar-refractivity contribution in [2.45, 2.75) is 20.4 Å². The van der Waals surface area contributed by atoms with E-state index in [0.717, 1.165) is 10.4 Å². The maximum Gasteiger partial charge on any atom is 0.332 e. The van der Waals surface area contributed by atoms with Crippen LogP contribution in [-0.4, -0.2) is 32.8 Å². The molecule has 7 heteroatoms. The first kappa shape index (κ1) is 15.2. The molecule has 0 atom stereocenters. The topological polar surface area (TPSA) is 73.8 Å². The summed E-state index contributed by atoms with van der Waals surface area (Å²) in [5, 5.41) is 2.75. The van der Waals surface area contributed by atoms with Gasteiger partial charge in [0.2, 0.25) is 0 Å². The van der Waals surface area contributed by atoms with Gasteiger partial charge in [-0.1, -0.05) is 0 Å². The molecule has 0 amide bonds. The minimum absolute atomic E-state index is 0.291. The van der Waals surface area contributed by atoms with Crippen molar-refractivity contribution in [3.05, 3.63) is 26.7 Å². The molecule has 2 rings (SSSR count). The maximum atomic E-state index is 12.0. The Kier molecular flexibility index (Phi) is 4.66. The first-order valence-electron chi connectivity index (χ1n) is 6.11. The van der Waals surface area contributed by atoms with Gasteiger partial charge in [0.25, 0.3) is 5.56 Å². The number of imidazole rings is 1. The summed E-state index contributed by atoms with van der Waals surface area (Å²) in [4.78, 5) is 27.9. The number of hydrogen-bond donors (Lipinski definition) is 1. The molecular weight excluding hydrogens is 246 g/mol. The van der Waals surface area contributed by atoms with Gasteiger partial charge in [-0.3, -0.25) is 13.9 Å². The van der Waals surface area contributed by atoms with Crippen LogP contribution >= 0.6 is 0 Å². The quantitative estimate of drug-likeness (QED) is 0.763. The van der Waals surface area contributed by atoms with Gasteiger partial charge < -0.3 is 9.88 Å². The maximum absolute atomic E-state index is 12.0. The summed E-state index contributed by atoms with van der Waals surface area (Å²) < 4.78 is 4.32. The molecule has 0 aromatic carbocycles. The second-order valence-electron chi connectivity index (χ2n) is 4.28. The highest BCUT2D eigenvalue weighted by atomic mass is 16.2. The van der Waals surface area contributed by atoms with Gasteiger partial charge in [-0.2, -0.15) is 0 Å². The van der Waals surface area contributed by atoms with Crippen LogP contribution in [0.5, 0.6) is 0 Å². The fourth-order valence-electron chi connectivity index (χ4n) is 1.94. The number of fused-ring (bicyclic) bond motifs is 1. The molecule has 2 aromatic rings. The summed E-state index contributed by atoms with van der Waals surface area (Å²) in [6.07, 6.45) is 0. The van der Waals surface area contributed by atoms with Gasteiger partial charge in [-0.05, 0) is 27.9 Å². The highest BCUT2D eigenvalue weighted by Gasteiger charge is 2.15. The van der Waals surface area contributed by atoms with Crippen LogP contribution in [0.1, 0.15) is 12.7 Å². The lowest BCUT2D eigenvalue weighted by atomic mass is 10.5. The monoisotopic (exact) mass is 267 g/mol. The minimum Gasteiger partial charge on any atom is -0.323 e. The summed E-state index contributed by atoms with van der Waals surface area (Å²) >= 11 is 0. The standard InChI is InChI=1S/C10H14N4O2.C2H7N/c1-5-14-6(2)11-8-7(14)9(15)13(4)10(16)12(8)3;1-3-2/h5H2,1-4H3;3H,1-2H3. The first-order valence-corrected chi connectivity index (χ1v) is 6.11. The van der Waals surface area contributed by atoms with E-state index in [-0.39, 0.29) is 11.2 Å². The molecule has 0 saturated heterocycles. The Bertz CT molecular complexity index is 693. The van der Waals surface area contributed by atoms with E-state index in [9.17, 15) is 9.59 Å². The predicted molar refractivity (Wildman–Crippen MR) is 75.6 cm³/mol. The van der Waals surface area contributed by atoms with Crippen LogP contribution in [0, 0.1) is 6.92 Å². The number of nitrogens with one attached hydrogen (secondary N) is 1. The summed E-state index contributed by atoms with van der Waals surface area (Å²) in [6, 6.07) is 0.